The van der Waals surface area contributed by atoms with E-state index in [-0.39, 0.29) is 16.2 Å². The van der Waals surface area contributed by atoms with Gasteiger partial charge in [-0.15, -0.1) is 0 Å². The van der Waals surface area contributed by atoms with Crippen molar-refractivity contribution < 1.29 is 18.9 Å². The van der Waals surface area contributed by atoms with Crippen LogP contribution in [0.1, 0.15) is 73.9 Å². The Labute approximate surface area is 197 Å². The second-order valence-electron chi connectivity index (χ2n) is 11.9. The monoisotopic (exact) mass is 448 g/mol. The predicted molar refractivity (Wildman–Crippen MR) is 128 cm³/mol. The minimum absolute atomic E-state index is 0.0835. The van der Waals surface area contributed by atoms with Crippen LogP contribution in [-0.4, -0.2) is 38.6 Å². The topological polar surface area (TPSA) is 43.5 Å². The number of ether oxygens (including phenoxy) is 4. The molecule has 2 fully saturated rings. The Morgan fingerprint density at radius 1 is 0.697 bits per heavy atom. The number of hydrogen-bond acceptors (Lipinski definition) is 4. The summed E-state index contributed by atoms with van der Waals surface area (Å²) in [4.78, 5) is 0. The SMILES string of the molecule is CC1(C)CC2(CC(C)(C)c3cc(COCC4CO4)ccc32)c2ccc(COCC3CO3)cc21. The summed E-state index contributed by atoms with van der Waals surface area (Å²) >= 11 is 0. The molecular weight excluding hydrogens is 412 g/mol. The molecule has 2 unspecified atom stereocenters. The number of hydrogen-bond donors (Lipinski definition) is 0. The largest absolute Gasteiger partial charge is 0.374 e. The summed E-state index contributed by atoms with van der Waals surface area (Å²) in [5, 5.41) is 0. The van der Waals surface area contributed by atoms with Gasteiger partial charge < -0.3 is 18.9 Å². The number of fused-ring (bicyclic) bond motifs is 4. The normalized spacial score (nSPS) is 29.8. The Hall–Kier alpha value is -1.72. The van der Waals surface area contributed by atoms with Crippen LogP contribution in [0.3, 0.4) is 0 Å². The van der Waals surface area contributed by atoms with Crippen molar-refractivity contribution in [3.63, 3.8) is 0 Å². The molecule has 0 amide bonds. The molecule has 0 saturated carbocycles. The molecule has 2 aromatic rings. The standard InChI is InChI=1S/C29H36O4/c1-27(2)17-29(23-7-5-19(9-25(23)27)11-30-13-21-15-32-21)18-28(3,4)26-10-20(6-8-24(26)29)12-31-14-22-16-33-22/h5-10,21-22H,11-18H2,1-4H3. The number of benzene rings is 2. The first-order valence-corrected chi connectivity index (χ1v) is 12.4. The Morgan fingerprint density at radius 2 is 1.12 bits per heavy atom. The second kappa shape index (κ2) is 7.64. The molecule has 4 aliphatic rings. The van der Waals surface area contributed by atoms with Gasteiger partial charge in [0, 0.05) is 5.41 Å². The van der Waals surface area contributed by atoms with Gasteiger partial charge in [-0.3, -0.25) is 0 Å². The van der Waals surface area contributed by atoms with E-state index < -0.39 is 0 Å². The lowest BCUT2D eigenvalue weighted by molar-refractivity contribution is 0.104. The maximum absolute atomic E-state index is 5.90. The average molecular weight is 449 g/mol. The molecule has 2 aliphatic carbocycles. The van der Waals surface area contributed by atoms with Gasteiger partial charge in [-0.2, -0.15) is 0 Å². The summed E-state index contributed by atoms with van der Waals surface area (Å²) in [5.41, 5.74) is 8.91. The molecular formula is C29H36O4. The fraction of sp³-hybridized carbons (Fsp3) is 0.586. The van der Waals surface area contributed by atoms with Crippen molar-refractivity contribution >= 4 is 0 Å². The summed E-state index contributed by atoms with van der Waals surface area (Å²) in [6.45, 7) is 14.1. The van der Waals surface area contributed by atoms with E-state index in [0.29, 0.717) is 38.6 Å². The van der Waals surface area contributed by atoms with Crippen LogP contribution in [0.2, 0.25) is 0 Å². The molecule has 33 heavy (non-hydrogen) atoms. The zero-order chi connectivity index (χ0) is 22.8. The van der Waals surface area contributed by atoms with Crippen molar-refractivity contribution in [1.82, 2.24) is 0 Å². The minimum Gasteiger partial charge on any atom is -0.374 e. The molecule has 2 aliphatic heterocycles. The molecule has 0 N–H and O–H groups in total. The number of epoxide rings is 2. The first-order valence-electron chi connectivity index (χ1n) is 12.4. The smallest absolute Gasteiger partial charge is 0.104 e. The highest BCUT2D eigenvalue weighted by Crippen LogP contribution is 2.62. The fourth-order valence-corrected chi connectivity index (χ4v) is 6.55. The van der Waals surface area contributed by atoms with Gasteiger partial charge in [0.15, 0.2) is 0 Å². The van der Waals surface area contributed by atoms with Crippen molar-refractivity contribution in [3.05, 3.63) is 69.8 Å². The molecule has 2 aromatic carbocycles. The average Bonchev–Trinajstić information content (AvgIpc) is 3.68. The molecule has 2 atom stereocenters. The summed E-state index contributed by atoms with van der Waals surface area (Å²) < 4.78 is 22.3. The molecule has 2 saturated heterocycles. The van der Waals surface area contributed by atoms with Crippen LogP contribution in [0.5, 0.6) is 0 Å². The maximum Gasteiger partial charge on any atom is 0.104 e. The molecule has 0 radical (unpaired) electrons. The second-order valence-corrected chi connectivity index (χ2v) is 11.9. The van der Waals surface area contributed by atoms with Gasteiger partial charge in [0.05, 0.1) is 39.6 Å². The Bertz CT molecular complexity index is 976. The number of rotatable bonds is 8. The highest BCUT2D eigenvalue weighted by Gasteiger charge is 2.56. The van der Waals surface area contributed by atoms with Crippen molar-refractivity contribution in [3.8, 4) is 0 Å². The van der Waals surface area contributed by atoms with Gasteiger partial charge in [-0.1, -0.05) is 64.1 Å². The van der Waals surface area contributed by atoms with Crippen LogP contribution in [0.4, 0.5) is 0 Å². The Balaban J connectivity index is 1.31. The molecule has 1 spiro atoms. The van der Waals surface area contributed by atoms with Crippen LogP contribution in [0.25, 0.3) is 0 Å². The summed E-state index contributed by atoms with van der Waals surface area (Å²) in [6, 6.07) is 14.2. The van der Waals surface area contributed by atoms with E-state index in [4.69, 9.17) is 18.9 Å². The van der Waals surface area contributed by atoms with E-state index in [2.05, 4.69) is 64.1 Å². The Kier molecular flexibility index (Phi) is 5.05. The predicted octanol–water partition coefficient (Wildman–Crippen LogP) is 5.17. The first kappa shape index (κ1) is 21.8. The van der Waals surface area contributed by atoms with E-state index in [1.54, 1.807) is 0 Å². The van der Waals surface area contributed by atoms with Crippen LogP contribution >= 0.6 is 0 Å². The third kappa shape index (κ3) is 3.95. The van der Waals surface area contributed by atoms with Crippen LogP contribution in [0.15, 0.2) is 36.4 Å². The lowest BCUT2D eigenvalue weighted by Gasteiger charge is -2.30. The van der Waals surface area contributed by atoms with Crippen LogP contribution in [0, 0.1) is 0 Å². The van der Waals surface area contributed by atoms with Crippen molar-refractivity contribution in [2.45, 2.75) is 82.2 Å². The van der Waals surface area contributed by atoms with Gasteiger partial charge in [0.1, 0.15) is 12.2 Å². The van der Waals surface area contributed by atoms with Crippen molar-refractivity contribution in [1.29, 1.82) is 0 Å². The highest BCUT2D eigenvalue weighted by atomic mass is 16.6. The zero-order valence-corrected chi connectivity index (χ0v) is 20.4. The summed E-state index contributed by atoms with van der Waals surface area (Å²) in [7, 11) is 0. The third-order valence-electron chi connectivity index (χ3n) is 8.09. The van der Waals surface area contributed by atoms with E-state index in [9.17, 15) is 0 Å². The Morgan fingerprint density at radius 3 is 1.52 bits per heavy atom. The fourth-order valence-electron chi connectivity index (χ4n) is 6.55. The summed E-state index contributed by atoms with van der Waals surface area (Å²) in [5.74, 6) is 0. The van der Waals surface area contributed by atoms with Gasteiger partial charge in [0.25, 0.3) is 0 Å². The van der Waals surface area contributed by atoms with Crippen molar-refractivity contribution in [2.24, 2.45) is 0 Å². The van der Waals surface area contributed by atoms with Gasteiger partial charge in [-0.05, 0) is 57.1 Å². The molecule has 6 rings (SSSR count). The lowest BCUT2D eigenvalue weighted by atomic mass is 9.72. The van der Waals surface area contributed by atoms with Crippen LogP contribution in [-0.2, 0) is 48.4 Å². The van der Waals surface area contributed by atoms with E-state index in [0.717, 1.165) is 26.1 Å². The summed E-state index contributed by atoms with van der Waals surface area (Å²) in [6.07, 6.45) is 2.93. The maximum atomic E-state index is 5.90. The highest BCUT2D eigenvalue weighted by molar-refractivity contribution is 5.60. The molecule has 176 valence electrons. The van der Waals surface area contributed by atoms with Crippen molar-refractivity contribution in [2.75, 3.05) is 26.4 Å². The zero-order valence-electron chi connectivity index (χ0n) is 20.4. The molecule has 0 aromatic heterocycles. The van der Waals surface area contributed by atoms with Crippen LogP contribution < -0.4 is 0 Å². The van der Waals surface area contributed by atoms with Gasteiger partial charge in [0.2, 0.25) is 0 Å². The van der Waals surface area contributed by atoms with Gasteiger partial charge in [-0.25, -0.2) is 0 Å². The van der Waals surface area contributed by atoms with Gasteiger partial charge >= 0.3 is 0 Å². The lowest BCUT2D eigenvalue weighted by Crippen LogP contribution is -2.26. The van der Waals surface area contributed by atoms with E-state index in [1.807, 2.05) is 0 Å². The van der Waals surface area contributed by atoms with E-state index in [1.165, 1.54) is 33.4 Å². The molecule has 2 heterocycles. The molecule has 0 bridgehead atoms. The van der Waals surface area contributed by atoms with E-state index >= 15 is 0 Å². The molecule has 4 nitrogen and oxygen atoms in total. The molecule has 4 heteroatoms. The first-order chi connectivity index (χ1) is 15.8. The quantitative estimate of drug-likeness (QED) is 0.523. The minimum atomic E-state index is 0.0835. The third-order valence-corrected chi connectivity index (χ3v) is 8.09.